The van der Waals surface area contributed by atoms with Gasteiger partial charge in [0.2, 0.25) is 0 Å². The second-order valence-electron chi connectivity index (χ2n) is 6.66. The summed E-state index contributed by atoms with van der Waals surface area (Å²) in [6, 6.07) is 0. The Morgan fingerprint density at radius 2 is 1.55 bits per heavy atom. The molecule has 3 aliphatic rings. The third-order valence-electron chi connectivity index (χ3n) is 5.16. The second kappa shape index (κ2) is 7.82. The van der Waals surface area contributed by atoms with Crippen LogP contribution in [-0.4, -0.2) is 3.21 Å². The van der Waals surface area contributed by atoms with Gasteiger partial charge in [-0.3, -0.25) is 0 Å². The average molecular weight is 370 g/mol. The summed E-state index contributed by atoms with van der Waals surface area (Å²) in [6.07, 6.45) is 26.6. The van der Waals surface area contributed by atoms with Crippen LogP contribution in [0.3, 0.4) is 0 Å². The summed E-state index contributed by atoms with van der Waals surface area (Å²) in [6.45, 7) is 2.34. The zero-order valence-corrected chi connectivity index (χ0v) is 16.1. The van der Waals surface area contributed by atoms with Crippen LogP contribution >= 0.6 is 0 Å². The summed E-state index contributed by atoms with van der Waals surface area (Å²) in [5.74, 6) is 1.79. The number of rotatable bonds is 5. The molecule has 3 aliphatic carbocycles. The summed E-state index contributed by atoms with van der Waals surface area (Å²) in [5, 5.41) is 0. The average Bonchev–Trinajstić information content (AvgIpc) is 3.21. The summed E-state index contributed by atoms with van der Waals surface area (Å²) < 4.78 is 1.75. The van der Waals surface area contributed by atoms with Gasteiger partial charge >= 0.3 is 150 Å². The van der Waals surface area contributed by atoms with Crippen molar-refractivity contribution in [3.05, 3.63) is 59.8 Å². The van der Waals surface area contributed by atoms with Crippen LogP contribution in [0, 0.1) is 17.8 Å². The monoisotopic (exact) mass is 368 g/mol. The zero-order chi connectivity index (χ0) is 15.4. The summed E-state index contributed by atoms with van der Waals surface area (Å²) in [4.78, 5) is 0. The molecule has 1 saturated carbocycles. The first kappa shape index (κ1) is 16.3. The summed E-state index contributed by atoms with van der Waals surface area (Å²) >= 11 is 1.65. The molecule has 0 N–H and O–H groups in total. The van der Waals surface area contributed by atoms with E-state index in [4.69, 9.17) is 0 Å². The van der Waals surface area contributed by atoms with Crippen molar-refractivity contribution in [2.75, 3.05) is 0 Å². The molecule has 0 spiro atoms. The molecule has 3 rings (SSSR count). The van der Waals surface area contributed by atoms with Gasteiger partial charge in [-0.2, -0.15) is 0 Å². The topological polar surface area (TPSA) is 0 Å². The van der Waals surface area contributed by atoms with Crippen LogP contribution in [0.1, 0.15) is 45.4 Å². The Labute approximate surface area is 150 Å². The van der Waals surface area contributed by atoms with Crippen molar-refractivity contribution >= 4 is 3.21 Å². The van der Waals surface area contributed by atoms with Crippen molar-refractivity contribution < 1.29 is 24.2 Å². The Morgan fingerprint density at radius 1 is 1.00 bits per heavy atom. The number of allylic oxidation sites excluding steroid dienone is 10. The Balaban J connectivity index is 2.01. The van der Waals surface area contributed by atoms with Crippen molar-refractivity contribution in [2.45, 2.75) is 45.4 Å². The normalized spacial score (nSPS) is 24.3. The van der Waals surface area contributed by atoms with E-state index in [9.17, 15) is 0 Å². The van der Waals surface area contributed by atoms with E-state index in [1.807, 2.05) is 0 Å². The van der Waals surface area contributed by atoms with Crippen LogP contribution in [0.2, 0.25) is 0 Å². The first-order valence-electron chi connectivity index (χ1n) is 8.81. The summed E-state index contributed by atoms with van der Waals surface area (Å²) in [7, 11) is 0. The predicted octanol–water partition coefficient (Wildman–Crippen LogP) is 5.48. The maximum atomic E-state index is 2.41. The van der Waals surface area contributed by atoms with E-state index < -0.39 is 0 Å². The van der Waals surface area contributed by atoms with Crippen LogP contribution in [0.15, 0.2) is 59.8 Å². The number of hydrogen-bond acceptors (Lipinski definition) is 0. The Morgan fingerprint density at radius 3 is 2.05 bits per heavy atom. The van der Waals surface area contributed by atoms with Gasteiger partial charge in [-0.05, 0) is 0 Å². The molecule has 0 atom stereocenters. The molecule has 0 aromatic heterocycles. The van der Waals surface area contributed by atoms with Gasteiger partial charge in [0.05, 0.1) is 0 Å². The van der Waals surface area contributed by atoms with Crippen LogP contribution in [-0.2, 0) is 24.2 Å². The maximum absolute atomic E-state index is 2.41. The van der Waals surface area contributed by atoms with Gasteiger partial charge in [0, 0.05) is 0 Å². The van der Waals surface area contributed by atoms with Crippen LogP contribution in [0.4, 0.5) is 0 Å². The third-order valence-corrected chi connectivity index (χ3v) is 6.52. The zero-order valence-electron chi connectivity index (χ0n) is 13.6. The molecule has 0 aromatic rings. The molecule has 112 valence electrons. The molecule has 0 aliphatic heterocycles. The van der Waals surface area contributed by atoms with Crippen molar-refractivity contribution in [2.24, 2.45) is 17.8 Å². The van der Waals surface area contributed by atoms with Crippen molar-refractivity contribution in [3.63, 3.8) is 0 Å². The van der Waals surface area contributed by atoms with E-state index in [0.29, 0.717) is 17.8 Å². The molecule has 22 heavy (non-hydrogen) atoms. The summed E-state index contributed by atoms with van der Waals surface area (Å²) in [5.41, 5.74) is 3.54. The first-order chi connectivity index (χ1) is 10.8. The minimum absolute atomic E-state index is 0.581. The van der Waals surface area contributed by atoms with E-state index in [-0.39, 0.29) is 0 Å². The van der Waals surface area contributed by atoms with Gasteiger partial charge in [-0.1, -0.05) is 0 Å². The van der Waals surface area contributed by atoms with Crippen molar-refractivity contribution in [3.8, 4) is 0 Å². The van der Waals surface area contributed by atoms with Crippen molar-refractivity contribution in [1.82, 2.24) is 0 Å². The van der Waals surface area contributed by atoms with Gasteiger partial charge in [0.25, 0.3) is 0 Å². The molecule has 0 saturated heterocycles. The SMILES string of the molecule is CCC/C(=C1\CCCC[C]1=[Zr+2])C(C1C=CC=C1)C1C=CC=C1. The van der Waals surface area contributed by atoms with Gasteiger partial charge in [-0.25, -0.2) is 0 Å². The molecule has 0 heterocycles. The molecule has 0 radical (unpaired) electrons. The Hall–Kier alpha value is -0.547. The number of hydrogen-bond donors (Lipinski definition) is 0. The van der Waals surface area contributed by atoms with E-state index in [1.165, 1.54) is 38.5 Å². The second-order valence-corrected chi connectivity index (χ2v) is 8.14. The molecule has 0 nitrogen and oxygen atoms in total. The van der Waals surface area contributed by atoms with Gasteiger partial charge in [0.15, 0.2) is 0 Å². The molecular formula is C21H26Zr+2. The molecular weight excluding hydrogens is 343 g/mol. The fourth-order valence-electron chi connectivity index (χ4n) is 4.15. The van der Waals surface area contributed by atoms with E-state index in [2.05, 4.69) is 55.5 Å². The van der Waals surface area contributed by atoms with Gasteiger partial charge < -0.3 is 0 Å². The van der Waals surface area contributed by atoms with Crippen LogP contribution in [0.5, 0.6) is 0 Å². The standard InChI is InChI=1S/C21H26.Zr/c1-2-10-20(17-11-4-3-5-12-17)21(18-13-6-7-14-18)19-15-8-9-16-19;/h6-9,13-16,18-19,21H,2-5,10-11H2,1H3;/q;+2/b20-17-;. The molecule has 0 unspecified atom stereocenters. The Kier molecular flexibility index (Phi) is 5.80. The van der Waals surface area contributed by atoms with Gasteiger partial charge in [0.1, 0.15) is 0 Å². The van der Waals surface area contributed by atoms with E-state index in [0.717, 1.165) is 0 Å². The fraction of sp³-hybridized carbons (Fsp3) is 0.476. The molecule has 0 amide bonds. The van der Waals surface area contributed by atoms with E-state index in [1.54, 1.807) is 38.6 Å². The van der Waals surface area contributed by atoms with Crippen molar-refractivity contribution in [1.29, 1.82) is 0 Å². The van der Waals surface area contributed by atoms with Crippen LogP contribution < -0.4 is 0 Å². The molecule has 0 aromatic carbocycles. The fourth-order valence-corrected chi connectivity index (χ4v) is 5.28. The van der Waals surface area contributed by atoms with Gasteiger partial charge in [-0.15, -0.1) is 0 Å². The predicted molar refractivity (Wildman–Crippen MR) is 92.4 cm³/mol. The Bertz CT molecular complexity index is 519. The third kappa shape index (κ3) is 3.51. The van der Waals surface area contributed by atoms with Crippen LogP contribution in [0.25, 0.3) is 0 Å². The molecule has 1 fully saturated rings. The first-order valence-corrected chi connectivity index (χ1v) is 10.0. The molecule has 1 heteroatoms. The quantitative estimate of drug-likeness (QED) is 0.602. The minimum atomic E-state index is 0.581. The molecule has 0 bridgehead atoms. The van der Waals surface area contributed by atoms with E-state index >= 15 is 0 Å².